The number of carbonyl (C=O) groups is 1. The van der Waals surface area contributed by atoms with Crippen LogP contribution in [0.3, 0.4) is 0 Å². The van der Waals surface area contributed by atoms with Gasteiger partial charge in [0.1, 0.15) is 11.6 Å². The number of halogens is 1. The monoisotopic (exact) mass is 465 g/mol. The summed E-state index contributed by atoms with van der Waals surface area (Å²) in [7, 11) is 1.58. The second-order valence-corrected chi connectivity index (χ2v) is 9.97. The number of nitrogens with one attached hydrogen (secondary N) is 1. The molecule has 0 bridgehead atoms. The number of piperazine rings is 1. The second-order valence-electron chi connectivity index (χ2n) is 9.97. The van der Waals surface area contributed by atoms with Crippen molar-refractivity contribution in [2.45, 2.75) is 57.0 Å². The molecule has 2 unspecified atom stereocenters. The number of hydrogen-bond acceptors (Lipinski definition) is 5. The van der Waals surface area contributed by atoms with Gasteiger partial charge in [-0.25, -0.2) is 4.39 Å². The lowest BCUT2D eigenvalue weighted by Gasteiger charge is -2.45. The molecule has 1 N–H and O–H groups in total. The molecule has 1 aliphatic carbocycles. The van der Waals surface area contributed by atoms with E-state index in [9.17, 15) is 9.18 Å². The Morgan fingerprint density at radius 2 is 1.79 bits per heavy atom. The molecule has 0 aromatic heterocycles. The minimum atomic E-state index is -0.291. The largest absolute Gasteiger partial charge is 0.494 e. The molecule has 2 aromatic carbocycles. The van der Waals surface area contributed by atoms with Crippen molar-refractivity contribution in [1.29, 1.82) is 0 Å². The molecule has 1 saturated carbocycles. The van der Waals surface area contributed by atoms with Gasteiger partial charge in [0.15, 0.2) is 5.78 Å². The van der Waals surface area contributed by atoms with Crippen molar-refractivity contribution in [2.75, 3.05) is 43.5 Å². The number of ketones is 1. The van der Waals surface area contributed by atoms with Gasteiger partial charge < -0.3 is 15.0 Å². The normalized spacial score (nSPS) is 22.5. The molecule has 6 heteroatoms. The summed E-state index contributed by atoms with van der Waals surface area (Å²) in [5, 5.41) is 3.74. The lowest BCUT2D eigenvalue weighted by Crippen LogP contribution is -2.60. The van der Waals surface area contributed by atoms with Gasteiger partial charge in [-0.05, 0) is 49.4 Å². The fourth-order valence-corrected chi connectivity index (χ4v) is 6.11. The van der Waals surface area contributed by atoms with Crippen LogP contribution in [0.4, 0.5) is 15.8 Å². The first kappa shape index (κ1) is 23.2. The summed E-state index contributed by atoms with van der Waals surface area (Å²) in [4.78, 5) is 18.6. The Hall–Kier alpha value is -2.60. The Kier molecular flexibility index (Phi) is 7.05. The van der Waals surface area contributed by atoms with E-state index in [2.05, 4.69) is 39.4 Å². The van der Waals surface area contributed by atoms with Crippen LogP contribution in [-0.4, -0.2) is 56.1 Å². The summed E-state index contributed by atoms with van der Waals surface area (Å²) < 4.78 is 19.1. The summed E-state index contributed by atoms with van der Waals surface area (Å²) in [6.45, 7) is 3.20. The molecular formula is C28H36FN3O2. The van der Waals surface area contributed by atoms with Crippen LogP contribution in [0.15, 0.2) is 42.5 Å². The van der Waals surface area contributed by atoms with Crippen LogP contribution < -0.4 is 15.0 Å². The first-order chi connectivity index (χ1) is 16.6. The third-order valence-electron chi connectivity index (χ3n) is 7.95. The predicted molar refractivity (Wildman–Crippen MR) is 134 cm³/mol. The molecule has 0 amide bonds. The Morgan fingerprint density at radius 1 is 1.03 bits per heavy atom. The number of rotatable bonds is 6. The standard InChI is InChI=1S/C28H36FN3O2/c1-34-26-19-22(29)12-14-25(26)31-15-17-32(18-16-31)27(28(33)21-8-3-2-4-9-21)24-13-11-20-7-5-6-10-23(20)30-24/h5-7,10,12,14,19,21,24,27,30H,2-4,8-9,11,13,15-18H2,1H3. The van der Waals surface area contributed by atoms with Gasteiger partial charge in [0.25, 0.3) is 0 Å². The van der Waals surface area contributed by atoms with E-state index in [0.717, 1.165) is 57.5 Å². The maximum atomic E-state index is 13.9. The number of aryl methyl sites for hydroxylation is 1. The van der Waals surface area contributed by atoms with Gasteiger partial charge >= 0.3 is 0 Å². The number of carbonyl (C=O) groups excluding carboxylic acids is 1. The van der Waals surface area contributed by atoms with Gasteiger partial charge in [-0.2, -0.15) is 0 Å². The number of benzene rings is 2. The highest BCUT2D eigenvalue weighted by Crippen LogP contribution is 2.34. The number of ether oxygens (including phenoxy) is 1. The van der Waals surface area contributed by atoms with Gasteiger partial charge in [-0.15, -0.1) is 0 Å². The first-order valence-electron chi connectivity index (χ1n) is 12.8. The Morgan fingerprint density at radius 3 is 2.56 bits per heavy atom. The number of fused-ring (bicyclic) bond motifs is 1. The molecule has 0 spiro atoms. The van der Waals surface area contributed by atoms with E-state index in [1.165, 1.54) is 42.6 Å². The van der Waals surface area contributed by atoms with Crippen molar-refractivity contribution in [3.8, 4) is 5.75 Å². The summed E-state index contributed by atoms with van der Waals surface area (Å²) in [5.74, 6) is 0.896. The molecule has 2 heterocycles. The molecule has 2 aliphatic heterocycles. The van der Waals surface area contributed by atoms with E-state index < -0.39 is 0 Å². The van der Waals surface area contributed by atoms with E-state index in [4.69, 9.17) is 4.74 Å². The van der Waals surface area contributed by atoms with Crippen molar-refractivity contribution in [1.82, 2.24) is 4.90 Å². The lowest BCUT2D eigenvalue weighted by atomic mass is 9.80. The third-order valence-corrected chi connectivity index (χ3v) is 7.95. The summed E-state index contributed by atoms with van der Waals surface area (Å²) in [6, 6.07) is 13.3. The van der Waals surface area contributed by atoms with Crippen LogP contribution >= 0.6 is 0 Å². The SMILES string of the molecule is COc1cc(F)ccc1N1CCN(C(C(=O)C2CCCCC2)C2CCc3ccccc3N2)CC1. The van der Waals surface area contributed by atoms with Crippen molar-refractivity contribution in [3.05, 3.63) is 53.8 Å². The van der Waals surface area contributed by atoms with Gasteiger partial charge in [0.05, 0.1) is 18.8 Å². The Bertz CT molecular complexity index is 999. The molecule has 1 saturated heterocycles. The molecule has 5 rings (SSSR count). The zero-order chi connectivity index (χ0) is 23.5. The zero-order valence-corrected chi connectivity index (χ0v) is 20.1. The maximum absolute atomic E-state index is 13.9. The van der Waals surface area contributed by atoms with Crippen LogP contribution in [0.2, 0.25) is 0 Å². The van der Waals surface area contributed by atoms with E-state index in [1.807, 2.05) is 0 Å². The number of Topliss-reactive ketones (excluding diaryl/α,β-unsaturated/α-hetero) is 1. The summed E-state index contributed by atoms with van der Waals surface area (Å²) in [6.07, 6.45) is 7.64. The average molecular weight is 466 g/mol. The van der Waals surface area contributed by atoms with Crippen LogP contribution in [0.5, 0.6) is 5.75 Å². The summed E-state index contributed by atoms with van der Waals surface area (Å²) >= 11 is 0. The highest BCUT2D eigenvalue weighted by Gasteiger charge is 2.40. The number of methoxy groups -OCH3 is 1. The van der Waals surface area contributed by atoms with E-state index in [0.29, 0.717) is 11.5 Å². The van der Waals surface area contributed by atoms with Crippen molar-refractivity contribution >= 4 is 17.2 Å². The van der Waals surface area contributed by atoms with E-state index >= 15 is 0 Å². The molecule has 0 radical (unpaired) electrons. The molecule has 2 atom stereocenters. The minimum absolute atomic E-state index is 0.103. The van der Waals surface area contributed by atoms with Crippen LogP contribution in [-0.2, 0) is 11.2 Å². The van der Waals surface area contributed by atoms with Crippen LogP contribution in [0, 0.1) is 11.7 Å². The molecule has 182 valence electrons. The van der Waals surface area contributed by atoms with Crippen molar-refractivity contribution < 1.29 is 13.9 Å². The van der Waals surface area contributed by atoms with Gasteiger partial charge in [-0.3, -0.25) is 9.69 Å². The Balaban J connectivity index is 1.34. The first-order valence-corrected chi connectivity index (χ1v) is 12.8. The fourth-order valence-electron chi connectivity index (χ4n) is 6.11. The maximum Gasteiger partial charge on any atom is 0.155 e. The molecule has 5 nitrogen and oxygen atoms in total. The highest BCUT2D eigenvalue weighted by atomic mass is 19.1. The molecule has 3 aliphatic rings. The van der Waals surface area contributed by atoms with Crippen LogP contribution in [0.25, 0.3) is 0 Å². The topological polar surface area (TPSA) is 44.8 Å². The molecule has 2 aromatic rings. The van der Waals surface area contributed by atoms with Crippen molar-refractivity contribution in [3.63, 3.8) is 0 Å². The van der Waals surface area contributed by atoms with Gasteiger partial charge in [0.2, 0.25) is 0 Å². The zero-order valence-electron chi connectivity index (χ0n) is 20.1. The molecule has 2 fully saturated rings. The second kappa shape index (κ2) is 10.3. The number of hydrogen-bond donors (Lipinski definition) is 1. The summed E-state index contributed by atoms with van der Waals surface area (Å²) in [5.41, 5.74) is 3.44. The van der Waals surface area contributed by atoms with E-state index in [-0.39, 0.29) is 23.8 Å². The Labute approximate surface area is 202 Å². The quantitative estimate of drug-likeness (QED) is 0.657. The number of para-hydroxylation sites is 1. The van der Waals surface area contributed by atoms with E-state index in [1.54, 1.807) is 13.2 Å². The fraction of sp³-hybridized carbons (Fsp3) is 0.536. The van der Waals surface area contributed by atoms with Gasteiger partial charge in [0, 0.05) is 49.9 Å². The number of anilines is 2. The highest BCUT2D eigenvalue weighted by molar-refractivity contribution is 5.88. The molecule has 34 heavy (non-hydrogen) atoms. The smallest absolute Gasteiger partial charge is 0.155 e. The number of nitrogens with zero attached hydrogens (tertiary/aromatic N) is 2. The minimum Gasteiger partial charge on any atom is -0.494 e. The van der Waals surface area contributed by atoms with Gasteiger partial charge in [-0.1, -0.05) is 37.5 Å². The van der Waals surface area contributed by atoms with Crippen LogP contribution in [0.1, 0.15) is 44.1 Å². The van der Waals surface area contributed by atoms with Crippen molar-refractivity contribution in [2.24, 2.45) is 5.92 Å². The average Bonchev–Trinajstić information content (AvgIpc) is 2.89. The molecular weight excluding hydrogens is 429 g/mol. The lowest BCUT2D eigenvalue weighted by molar-refractivity contribution is -0.130. The predicted octanol–water partition coefficient (Wildman–Crippen LogP) is 4.90. The third kappa shape index (κ3) is 4.78.